The predicted molar refractivity (Wildman–Crippen MR) is 167 cm³/mol. The van der Waals surface area contributed by atoms with Gasteiger partial charge in [-0.2, -0.15) is 0 Å². The quantitative estimate of drug-likeness (QED) is 0.231. The molecule has 0 saturated heterocycles. The first-order valence-corrected chi connectivity index (χ1v) is 15.7. The van der Waals surface area contributed by atoms with Gasteiger partial charge in [0.25, 0.3) is 15.9 Å². The number of benzene rings is 3. The first kappa shape index (κ1) is 30.0. The highest BCUT2D eigenvalue weighted by Gasteiger charge is 2.29. The van der Waals surface area contributed by atoms with Crippen LogP contribution < -0.4 is 9.21 Å². The Labute approximate surface area is 246 Å². The van der Waals surface area contributed by atoms with Crippen LogP contribution in [0.25, 0.3) is 10.2 Å². The number of hydrogen-bond acceptors (Lipinski definition) is 6. The Morgan fingerprint density at radius 1 is 1.00 bits per heavy atom. The van der Waals surface area contributed by atoms with Crippen LogP contribution in [0.2, 0.25) is 0 Å². The van der Waals surface area contributed by atoms with Crippen molar-refractivity contribution in [1.29, 1.82) is 0 Å². The SMILES string of the molecule is CCN(CC)CCN(C(=O)c1ccc(S(=O)(=O)N2CCCc3ccccc32)cc1)c1nc2ccc(C)cc2s1.Cl. The number of sulfonamides is 1. The van der Waals surface area contributed by atoms with Gasteiger partial charge in [-0.25, -0.2) is 13.4 Å². The minimum atomic E-state index is -3.75. The lowest BCUT2D eigenvalue weighted by Gasteiger charge is -2.30. The van der Waals surface area contributed by atoms with E-state index in [-0.39, 0.29) is 23.2 Å². The fraction of sp³-hybridized carbons (Fsp3) is 0.333. The second-order valence-electron chi connectivity index (χ2n) is 9.79. The third-order valence-corrected chi connectivity index (χ3v) is 10.2. The third-order valence-electron chi connectivity index (χ3n) is 7.30. The average molecular weight is 599 g/mol. The summed E-state index contributed by atoms with van der Waals surface area (Å²) in [4.78, 5) is 22.8. The fourth-order valence-corrected chi connectivity index (χ4v) is 7.63. The largest absolute Gasteiger partial charge is 0.302 e. The molecule has 0 radical (unpaired) electrons. The van der Waals surface area contributed by atoms with Crippen molar-refractivity contribution < 1.29 is 13.2 Å². The Balaban J connectivity index is 0.00000370. The second kappa shape index (κ2) is 12.7. The number of aryl methyl sites for hydroxylation is 2. The summed E-state index contributed by atoms with van der Waals surface area (Å²) < 4.78 is 29.7. The van der Waals surface area contributed by atoms with Crippen LogP contribution in [0.1, 0.15) is 41.8 Å². The van der Waals surface area contributed by atoms with Gasteiger partial charge in [0.1, 0.15) is 0 Å². The molecule has 0 aliphatic carbocycles. The lowest BCUT2D eigenvalue weighted by Crippen LogP contribution is -2.39. The molecule has 0 bridgehead atoms. The van der Waals surface area contributed by atoms with Crippen molar-refractivity contribution in [3.63, 3.8) is 0 Å². The van der Waals surface area contributed by atoms with Crippen molar-refractivity contribution in [2.75, 3.05) is 41.9 Å². The van der Waals surface area contributed by atoms with E-state index in [4.69, 9.17) is 4.98 Å². The van der Waals surface area contributed by atoms with Crippen molar-refractivity contribution in [3.8, 4) is 0 Å². The molecule has 0 N–H and O–H groups in total. The molecule has 40 heavy (non-hydrogen) atoms. The van der Waals surface area contributed by atoms with Crippen LogP contribution >= 0.6 is 23.7 Å². The van der Waals surface area contributed by atoms with E-state index in [9.17, 15) is 13.2 Å². The van der Waals surface area contributed by atoms with Crippen LogP contribution in [0.3, 0.4) is 0 Å². The Kier molecular flexibility index (Phi) is 9.51. The number of halogens is 1. The molecular formula is C30H35ClN4O3S2. The maximum Gasteiger partial charge on any atom is 0.264 e. The Morgan fingerprint density at radius 2 is 1.73 bits per heavy atom. The molecule has 3 aromatic carbocycles. The van der Waals surface area contributed by atoms with Crippen LogP contribution in [0.4, 0.5) is 10.8 Å². The maximum absolute atomic E-state index is 13.8. The minimum absolute atomic E-state index is 0. The van der Waals surface area contributed by atoms with E-state index in [2.05, 4.69) is 24.8 Å². The van der Waals surface area contributed by atoms with Crippen molar-refractivity contribution in [1.82, 2.24) is 9.88 Å². The molecule has 0 spiro atoms. The van der Waals surface area contributed by atoms with E-state index in [1.54, 1.807) is 29.2 Å². The van der Waals surface area contributed by atoms with Crippen molar-refractivity contribution >= 4 is 60.7 Å². The van der Waals surface area contributed by atoms with E-state index in [0.717, 1.165) is 53.0 Å². The van der Waals surface area contributed by atoms with Gasteiger partial charge in [-0.15, -0.1) is 12.4 Å². The first-order valence-electron chi connectivity index (χ1n) is 13.4. The van der Waals surface area contributed by atoms with E-state index in [0.29, 0.717) is 30.3 Å². The van der Waals surface area contributed by atoms with Crippen LogP contribution in [0, 0.1) is 6.92 Å². The Hall–Kier alpha value is -2.98. The molecule has 0 fully saturated rings. The molecule has 1 aromatic heterocycles. The summed E-state index contributed by atoms with van der Waals surface area (Å²) in [5.74, 6) is -0.190. The number of amides is 1. The number of hydrogen-bond donors (Lipinski definition) is 0. The van der Waals surface area contributed by atoms with Crippen LogP contribution in [-0.2, 0) is 16.4 Å². The van der Waals surface area contributed by atoms with E-state index in [1.165, 1.54) is 15.6 Å². The topological polar surface area (TPSA) is 73.8 Å². The lowest BCUT2D eigenvalue weighted by atomic mass is 10.0. The van der Waals surface area contributed by atoms with Gasteiger partial charge in [0.2, 0.25) is 0 Å². The van der Waals surface area contributed by atoms with Gasteiger partial charge in [-0.3, -0.25) is 14.0 Å². The van der Waals surface area contributed by atoms with Gasteiger partial charge in [-0.1, -0.05) is 49.4 Å². The number of nitrogens with zero attached hydrogens (tertiary/aromatic N) is 4. The molecule has 0 saturated carbocycles. The zero-order valence-corrected chi connectivity index (χ0v) is 25.5. The summed E-state index contributed by atoms with van der Waals surface area (Å²) in [5, 5.41) is 0.648. The van der Waals surface area contributed by atoms with Crippen LogP contribution in [0.5, 0.6) is 0 Å². The molecule has 2 heterocycles. The number of para-hydroxylation sites is 1. The summed E-state index contributed by atoms with van der Waals surface area (Å²) in [6.45, 7) is 9.69. The maximum atomic E-state index is 13.8. The molecule has 0 atom stereocenters. The van der Waals surface area contributed by atoms with E-state index >= 15 is 0 Å². The number of thiazole rings is 1. The normalized spacial score (nSPS) is 13.2. The monoisotopic (exact) mass is 598 g/mol. The second-order valence-corrected chi connectivity index (χ2v) is 12.7. The van der Waals surface area contributed by atoms with Gasteiger partial charge in [-0.05, 0) is 86.4 Å². The number of anilines is 2. The molecule has 0 unspecified atom stereocenters. The van der Waals surface area contributed by atoms with E-state index < -0.39 is 10.0 Å². The predicted octanol–water partition coefficient (Wildman–Crippen LogP) is 6.16. The summed E-state index contributed by atoms with van der Waals surface area (Å²) in [5.41, 5.74) is 4.21. The summed E-state index contributed by atoms with van der Waals surface area (Å²) in [6.07, 6.45) is 1.64. The number of likely N-dealkylation sites (N-methyl/N-ethyl adjacent to an activating group) is 1. The Bertz CT molecular complexity index is 1580. The summed E-state index contributed by atoms with van der Waals surface area (Å²) in [6, 6.07) is 20.1. The van der Waals surface area contributed by atoms with Gasteiger partial charge >= 0.3 is 0 Å². The molecule has 1 aliphatic rings. The number of carbonyl (C=O) groups excluding carboxylic acids is 1. The zero-order chi connectivity index (χ0) is 27.6. The highest BCUT2D eigenvalue weighted by Crippen LogP contribution is 2.33. The molecule has 7 nitrogen and oxygen atoms in total. The number of rotatable bonds is 9. The number of fused-ring (bicyclic) bond motifs is 2. The molecule has 10 heteroatoms. The van der Waals surface area contributed by atoms with Crippen LogP contribution in [0.15, 0.2) is 71.6 Å². The van der Waals surface area contributed by atoms with Crippen molar-refractivity contribution in [3.05, 3.63) is 83.4 Å². The first-order chi connectivity index (χ1) is 18.8. The zero-order valence-electron chi connectivity index (χ0n) is 23.0. The lowest BCUT2D eigenvalue weighted by molar-refractivity contribution is 0.0983. The Morgan fingerprint density at radius 3 is 2.45 bits per heavy atom. The third kappa shape index (κ3) is 6.02. The fourth-order valence-electron chi connectivity index (χ4n) is 5.00. The van der Waals surface area contributed by atoms with Gasteiger partial charge in [0, 0.05) is 25.2 Å². The summed E-state index contributed by atoms with van der Waals surface area (Å²) >= 11 is 1.50. The summed E-state index contributed by atoms with van der Waals surface area (Å²) in [7, 11) is -3.75. The highest BCUT2D eigenvalue weighted by molar-refractivity contribution is 7.92. The van der Waals surface area contributed by atoms with Crippen LogP contribution in [-0.4, -0.2) is 56.9 Å². The smallest absolute Gasteiger partial charge is 0.264 e. The van der Waals surface area contributed by atoms with Crippen molar-refractivity contribution in [2.24, 2.45) is 0 Å². The standard InChI is InChI=1S/C30H34N4O3S2.ClH/c1-4-32(5-2)19-20-33(30-31-26-17-12-22(3)21-28(26)38-30)29(35)24-13-15-25(16-14-24)39(36,37)34-18-8-10-23-9-6-7-11-27(23)34;/h6-7,9,11-17,21H,4-5,8,10,18-20H2,1-3H3;1H. The number of aromatic nitrogens is 1. The number of carbonyl (C=O) groups is 1. The molecular weight excluding hydrogens is 564 g/mol. The molecule has 5 rings (SSSR count). The molecule has 1 aliphatic heterocycles. The van der Waals surface area contributed by atoms with Gasteiger partial charge in [0.15, 0.2) is 5.13 Å². The average Bonchev–Trinajstić information content (AvgIpc) is 3.37. The van der Waals surface area contributed by atoms with E-state index in [1.807, 2.05) is 43.3 Å². The minimum Gasteiger partial charge on any atom is -0.302 e. The molecule has 212 valence electrons. The molecule has 1 amide bonds. The van der Waals surface area contributed by atoms with Gasteiger partial charge in [0.05, 0.1) is 20.8 Å². The van der Waals surface area contributed by atoms with Crippen molar-refractivity contribution in [2.45, 2.75) is 38.5 Å². The van der Waals surface area contributed by atoms with Gasteiger partial charge < -0.3 is 4.90 Å². The highest BCUT2D eigenvalue weighted by atomic mass is 35.5. The molecule has 4 aromatic rings.